The number of thiocarbonyl (C=S) groups is 1. The topological polar surface area (TPSA) is 68.3 Å². The van der Waals surface area contributed by atoms with E-state index in [0.29, 0.717) is 27.5 Å². The van der Waals surface area contributed by atoms with Gasteiger partial charge in [-0.05, 0) is 30.4 Å². The van der Waals surface area contributed by atoms with Gasteiger partial charge in [0.15, 0.2) is 5.11 Å². The van der Waals surface area contributed by atoms with Crippen LogP contribution in [0, 0.1) is 0 Å². The van der Waals surface area contributed by atoms with Crippen LogP contribution in [0.15, 0.2) is 24.3 Å². The third-order valence-corrected chi connectivity index (χ3v) is 3.25. The molecule has 1 aromatic carbocycles. The van der Waals surface area contributed by atoms with Gasteiger partial charge in [-0.25, -0.2) is 0 Å². The van der Waals surface area contributed by atoms with Crippen LogP contribution in [-0.4, -0.2) is 29.3 Å². The highest BCUT2D eigenvalue weighted by Gasteiger charge is 2.08. The molecule has 0 unspecified atom stereocenters. The molecule has 0 amide bonds. The van der Waals surface area contributed by atoms with Crippen LogP contribution >= 0.6 is 35.4 Å². The lowest BCUT2D eigenvalue weighted by Gasteiger charge is -2.12. The van der Waals surface area contributed by atoms with E-state index in [0.717, 1.165) is 0 Å². The van der Waals surface area contributed by atoms with Gasteiger partial charge in [-0.1, -0.05) is 23.2 Å². The highest BCUT2D eigenvalue weighted by atomic mass is 35.5. The Morgan fingerprint density at radius 3 is 2.23 bits per heavy atom. The number of nitrogens with zero attached hydrogens (tertiary/aromatic N) is 2. The molecule has 0 saturated carbocycles. The summed E-state index contributed by atoms with van der Waals surface area (Å²) >= 11 is 17.1. The van der Waals surface area contributed by atoms with Crippen LogP contribution < -0.4 is 20.1 Å². The summed E-state index contributed by atoms with van der Waals surface area (Å²) < 4.78 is 10.1. The van der Waals surface area contributed by atoms with Gasteiger partial charge in [0.1, 0.15) is 0 Å². The van der Waals surface area contributed by atoms with Crippen molar-refractivity contribution in [2.75, 3.05) is 24.9 Å². The number of anilines is 2. The zero-order valence-electron chi connectivity index (χ0n) is 11.7. The van der Waals surface area contributed by atoms with Gasteiger partial charge in [0, 0.05) is 5.02 Å². The number of benzene rings is 1. The van der Waals surface area contributed by atoms with Crippen molar-refractivity contribution in [1.29, 1.82) is 0 Å². The third kappa shape index (κ3) is 4.33. The van der Waals surface area contributed by atoms with Gasteiger partial charge in [-0.2, -0.15) is 9.97 Å². The number of aromatic nitrogens is 2. The van der Waals surface area contributed by atoms with Crippen molar-refractivity contribution in [2.24, 2.45) is 0 Å². The van der Waals surface area contributed by atoms with Crippen LogP contribution in [0.5, 0.6) is 11.8 Å². The minimum Gasteiger partial charge on any atom is -0.481 e. The molecule has 2 rings (SSSR count). The van der Waals surface area contributed by atoms with E-state index in [9.17, 15) is 0 Å². The molecule has 2 N–H and O–H groups in total. The minimum absolute atomic E-state index is 0.235. The second kappa shape index (κ2) is 7.44. The Hall–Kier alpha value is -1.83. The lowest BCUT2D eigenvalue weighted by Crippen LogP contribution is -2.21. The van der Waals surface area contributed by atoms with Crippen molar-refractivity contribution < 1.29 is 9.47 Å². The van der Waals surface area contributed by atoms with Crippen LogP contribution in [0.4, 0.5) is 11.6 Å². The van der Waals surface area contributed by atoms with Gasteiger partial charge in [-0.15, -0.1) is 0 Å². The predicted molar refractivity (Wildman–Crippen MR) is 91.4 cm³/mol. The molecule has 9 heteroatoms. The molecule has 6 nitrogen and oxygen atoms in total. The maximum absolute atomic E-state index is 6.07. The fourth-order valence-corrected chi connectivity index (χ4v) is 2.17. The van der Waals surface area contributed by atoms with Crippen molar-refractivity contribution >= 4 is 52.2 Å². The molecule has 0 fully saturated rings. The largest absolute Gasteiger partial charge is 0.481 e. The Bertz CT molecular complexity index is 677. The first-order chi connectivity index (χ1) is 10.5. The van der Waals surface area contributed by atoms with E-state index in [4.69, 9.17) is 44.9 Å². The van der Waals surface area contributed by atoms with E-state index >= 15 is 0 Å². The molecule has 0 saturated heterocycles. The summed E-state index contributed by atoms with van der Waals surface area (Å²) in [6.07, 6.45) is 0. The fraction of sp³-hybridized carbons (Fsp3) is 0.154. The number of rotatable bonds is 4. The van der Waals surface area contributed by atoms with E-state index in [-0.39, 0.29) is 11.1 Å². The SMILES string of the molecule is COc1cc(OC)nc(NC(=S)Nc2ccc(Cl)cc2Cl)n1. The third-order valence-electron chi connectivity index (χ3n) is 2.50. The van der Waals surface area contributed by atoms with E-state index < -0.39 is 0 Å². The summed E-state index contributed by atoms with van der Waals surface area (Å²) in [7, 11) is 2.99. The molecule has 0 bridgehead atoms. The average molecular weight is 359 g/mol. The molecule has 0 aliphatic heterocycles. The second-order valence-electron chi connectivity index (χ2n) is 3.98. The van der Waals surface area contributed by atoms with E-state index in [1.807, 2.05) is 0 Å². The molecule has 0 spiro atoms. The maximum Gasteiger partial charge on any atom is 0.235 e. The van der Waals surface area contributed by atoms with Crippen LogP contribution in [0.1, 0.15) is 0 Å². The normalized spacial score (nSPS) is 10.0. The Balaban J connectivity index is 2.11. The molecular weight excluding hydrogens is 347 g/mol. The molecule has 0 aliphatic rings. The number of hydrogen-bond acceptors (Lipinski definition) is 5. The summed E-state index contributed by atoms with van der Waals surface area (Å²) in [5.74, 6) is 0.933. The highest BCUT2D eigenvalue weighted by molar-refractivity contribution is 7.80. The lowest BCUT2D eigenvalue weighted by atomic mass is 10.3. The molecular formula is C13H12Cl2N4O2S. The van der Waals surface area contributed by atoms with Crippen molar-refractivity contribution in [3.8, 4) is 11.8 Å². The van der Waals surface area contributed by atoms with Gasteiger partial charge in [0.05, 0.1) is 31.0 Å². The summed E-state index contributed by atoms with van der Waals surface area (Å²) in [6, 6.07) is 6.58. The summed E-state index contributed by atoms with van der Waals surface area (Å²) in [6.45, 7) is 0. The zero-order chi connectivity index (χ0) is 16.1. The maximum atomic E-state index is 6.07. The Morgan fingerprint density at radius 2 is 1.68 bits per heavy atom. The van der Waals surface area contributed by atoms with E-state index in [2.05, 4.69) is 20.6 Å². The summed E-state index contributed by atoms with van der Waals surface area (Å²) in [5.41, 5.74) is 0.610. The predicted octanol–water partition coefficient (Wildman–Crippen LogP) is 3.61. The zero-order valence-corrected chi connectivity index (χ0v) is 14.0. The van der Waals surface area contributed by atoms with E-state index in [1.54, 1.807) is 24.3 Å². The number of hydrogen-bond donors (Lipinski definition) is 2. The van der Waals surface area contributed by atoms with Crippen molar-refractivity contribution in [3.63, 3.8) is 0 Å². The number of halogens is 2. The van der Waals surface area contributed by atoms with Crippen LogP contribution in [0.2, 0.25) is 10.0 Å². The first kappa shape index (κ1) is 16.5. The molecule has 1 heterocycles. The molecule has 0 radical (unpaired) electrons. The number of nitrogens with one attached hydrogen (secondary N) is 2. The Morgan fingerprint density at radius 1 is 1.05 bits per heavy atom. The van der Waals surface area contributed by atoms with Gasteiger partial charge < -0.3 is 20.1 Å². The monoisotopic (exact) mass is 358 g/mol. The second-order valence-corrected chi connectivity index (χ2v) is 5.23. The fourth-order valence-electron chi connectivity index (χ4n) is 1.51. The molecule has 1 aromatic heterocycles. The molecule has 116 valence electrons. The van der Waals surface area contributed by atoms with Crippen molar-refractivity contribution in [1.82, 2.24) is 9.97 Å². The minimum atomic E-state index is 0.235. The quantitative estimate of drug-likeness (QED) is 0.809. The van der Waals surface area contributed by atoms with Gasteiger partial charge in [-0.3, -0.25) is 0 Å². The van der Waals surface area contributed by atoms with Gasteiger partial charge in [0.2, 0.25) is 17.7 Å². The number of ether oxygens (including phenoxy) is 2. The van der Waals surface area contributed by atoms with Crippen molar-refractivity contribution in [3.05, 3.63) is 34.3 Å². The van der Waals surface area contributed by atoms with Crippen LogP contribution in [0.25, 0.3) is 0 Å². The van der Waals surface area contributed by atoms with E-state index in [1.165, 1.54) is 14.2 Å². The molecule has 0 aliphatic carbocycles. The first-order valence-electron chi connectivity index (χ1n) is 6.02. The number of methoxy groups -OCH3 is 2. The summed E-state index contributed by atoms with van der Waals surface area (Å²) in [4.78, 5) is 8.22. The van der Waals surface area contributed by atoms with Gasteiger partial charge in [0.25, 0.3) is 0 Å². The highest BCUT2D eigenvalue weighted by Crippen LogP contribution is 2.25. The standard InChI is InChI=1S/C13H12Cl2N4O2S/c1-20-10-6-11(21-2)18-12(17-10)19-13(22)16-9-4-3-7(14)5-8(9)15/h3-6H,1-2H3,(H2,16,17,18,19,22). The Kier molecular flexibility index (Phi) is 5.59. The van der Waals surface area contributed by atoms with Crippen molar-refractivity contribution in [2.45, 2.75) is 0 Å². The van der Waals surface area contributed by atoms with Gasteiger partial charge >= 0.3 is 0 Å². The first-order valence-corrected chi connectivity index (χ1v) is 7.18. The van der Waals surface area contributed by atoms with Crippen LogP contribution in [-0.2, 0) is 0 Å². The molecule has 22 heavy (non-hydrogen) atoms. The average Bonchev–Trinajstić information content (AvgIpc) is 2.49. The smallest absolute Gasteiger partial charge is 0.235 e. The Labute approximate surface area is 142 Å². The lowest BCUT2D eigenvalue weighted by molar-refractivity contribution is 0.373. The summed E-state index contributed by atoms with van der Waals surface area (Å²) in [5, 5.41) is 7.00. The van der Waals surface area contributed by atoms with Crippen LogP contribution in [0.3, 0.4) is 0 Å². The molecule has 2 aromatic rings. The molecule has 0 atom stereocenters.